The van der Waals surface area contributed by atoms with Crippen LogP contribution in [0.3, 0.4) is 0 Å². The van der Waals surface area contributed by atoms with Crippen molar-refractivity contribution in [3.05, 3.63) is 0 Å². The molecule has 1 N–H and O–H groups in total. The van der Waals surface area contributed by atoms with E-state index in [0.29, 0.717) is 0 Å². The van der Waals surface area contributed by atoms with E-state index in [1.807, 2.05) is 0 Å². The molecule has 0 saturated heterocycles. The van der Waals surface area contributed by atoms with Gasteiger partial charge in [-0.2, -0.15) is 0 Å². The van der Waals surface area contributed by atoms with Gasteiger partial charge in [0, 0.05) is 6.04 Å². The summed E-state index contributed by atoms with van der Waals surface area (Å²) in [6.45, 7) is 4.72. The molecular weight excluding hydrogens is 122 g/mol. The van der Waals surface area contributed by atoms with E-state index < -0.39 is 0 Å². The minimum absolute atomic E-state index is 0.791. The van der Waals surface area contributed by atoms with Crippen LogP contribution in [0.4, 0.5) is 0 Å². The van der Waals surface area contributed by atoms with Crippen LogP contribution in [0.1, 0.15) is 33.1 Å². The van der Waals surface area contributed by atoms with E-state index in [9.17, 15) is 0 Å². The second-order valence-electron chi connectivity index (χ2n) is 3.90. The Balaban J connectivity index is 2.35. The zero-order chi connectivity index (χ0) is 7.56. The molecule has 1 saturated carbocycles. The van der Waals surface area contributed by atoms with Crippen LogP contribution in [-0.2, 0) is 0 Å². The SMILES string of the molecule is CNC1C[C@@H](C)C[C@H](C)C1. The van der Waals surface area contributed by atoms with Crippen molar-refractivity contribution in [2.45, 2.75) is 39.2 Å². The quantitative estimate of drug-likeness (QED) is 0.589. The standard InChI is InChI=1S/C9H19N/c1-7-4-8(2)6-9(5-7)10-3/h7-10H,4-6H2,1-3H3/t7-,8-/m0/s1. The first-order chi connectivity index (χ1) is 4.72. The lowest BCUT2D eigenvalue weighted by Gasteiger charge is -2.30. The first kappa shape index (κ1) is 8.06. The average Bonchev–Trinajstić information content (AvgIpc) is 1.85. The maximum Gasteiger partial charge on any atom is 0.00691 e. The molecule has 0 aromatic rings. The molecule has 0 amide bonds. The van der Waals surface area contributed by atoms with Crippen molar-refractivity contribution in [1.82, 2.24) is 5.32 Å². The van der Waals surface area contributed by atoms with Gasteiger partial charge >= 0.3 is 0 Å². The summed E-state index contributed by atoms with van der Waals surface area (Å²) < 4.78 is 0. The summed E-state index contributed by atoms with van der Waals surface area (Å²) in [6, 6.07) is 0.791. The van der Waals surface area contributed by atoms with Crippen molar-refractivity contribution in [2.24, 2.45) is 11.8 Å². The van der Waals surface area contributed by atoms with E-state index in [1.165, 1.54) is 19.3 Å². The Hall–Kier alpha value is -0.0400. The highest BCUT2D eigenvalue weighted by Crippen LogP contribution is 2.27. The molecule has 10 heavy (non-hydrogen) atoms. The molecule has 0 radical (unpaired) electrons. The smallest absolute Gasteiger partial charge is 0.00691 e. The summed E-state index contributed by atoms with van der Waals surface area (Å²) in [4.78, 5) is 0. The van der Waals surface area contributed by atoms with Gasteiger partial charge < -0.3 is 5.32 Å². The Morgan fingerprint density at radius 2 is 1.50 bits per heavy atom. The molecule has 1 aliphatic rings. The molecule has 60 valence electrons. The Morgan fingerprint density at radius 3 is 1.90 bits per heavy atom. The number of hydrogen-bond acceptors (Lipinski definition) is 1. The van der Waals surface area contributed by atoms with Crippen molar-refractivity contribution < 1.29 is 0 Å². The molecule has 1 fully saturated rings. The van der Waals surface area contributed by atoms with E-state index in [4.69, 9.17) is 0 Å². The fraction of sp³-hybridized carbons (Fsp3) is 1.00. The molecule has 1 heteroatoms. The van der Waals surface area contributed by atoms with Gasteiger partial charge in [0.2, 0.25) is 0 Å². The van der Waals surface area contributed by atoms with Crippen LogP contribution >= 0.6 is 0 Å². The summed E-state index contributed by atoms with van der Waals surface area (Å²) in [5.74, 6) is 1.86. The van der Waals surface area contributed by atoms with Gasteiger partial charge in [0.25, 0.3) is 0 Å². The average molecular weight is 141 g/mol. The Morgan fingerprint density at radius 1 is 1.00 bits per heavy atom. The fourth-order valence-corrected chi connectivity index (χ4v) is 2.18. The second-order valence-corrected chi connectivity index (χ2v) is 3.90. The minimum Gasteiger partial charge on any atom is -0.317 e. The maximum atomic E-state index is 3.36. The fourth-order valence-electron chi connectivity index (χ4n) is 2.18. The van der Waals surface area contributed by atoms with Crippen LogP contribution in [-0.4, -0.2) is 13.1 Å². The number of hydrogen-bond donors (Lipinski definition) is 1. The third-order valence-electron chi connectivity index (χ3n) is 2.59. The van der Waals surface area contributed by atoms with E-state index >= 15 is 0 Å². The van der Waals surface area contributed by atoms with Gasteiger partial charge in [0.15, 0.2) is 0 Å². The van der Waals surface area contributed by atoms with E-state index in [0.717, 1.165) is 17.9 Å². The van der Waals surface area contributed by atoms with Crippen molar-refractivity contribution in [3.8, 4) is 0 Å². The van der Waals surface area contributed by atoms with Gasteiger partial charge in [-0.1, -0.05) is 13.8 Å². The van der Waals surface area contributed by atoms with Gasteiger partial charge in [-0.05, 0) is 38.1 Å². The predicted octanol–water partition coefficient (Wildman–Crippen LogP) is 2.03. The molecule has 1 nitrogen and oxygen atoms in total. The van der Waals surface area contributed by atoms with Crippen LogP contribution in [0.5, 0.6) is 0 Å². The number of rotatable bonds is 1. The summed E-state index contributed by atoms with van der Waals surface area (Å²) >= 11 is 0. The lowest BCUT2D eigenvalue weighted by molar-refractivity contribution is 0.247. The Kier molecular flexibility index (Phi) is 2.72. The highest BCUT2D eigenvalue weighted by atomic mass is 14.9. The molecule has 0 unspecified atom stereocenters. The maximum absolute atomic E-state index is 3.36. The van der Waals surface area contributed by atoms with Gasteiger partial charge in [-0.15, -0.1) is 0 Å². The molecule has 0 bridgehead atoms. The lowest BCUT2D eigenvalue weighted by atomic mass is 9.80. The summed E-state index contributed by atoms with van der Waals surface area (Å²) in [7, 11) is 2.08. The first-order valence-electron chi connectivity index (χ1n) is 4.39. The van der Waals surface area contributed by atoms with Crippen molar-refractivity contribution in [2.75, 3.05) is 7.05 Å². The zero-order valence-electron chi connectivity index (χ0n) is 7.35. The van der Waals surface area contributed by atoms with Crippen LogP contribution in [0, 0.1) is 11.8 Å². The topological polar surface area (TPSA) is 12.0 Å². The second kappa shape index (κ2) is 3.38. The van der Waals surface area contributed by atoms with Crippen molar-refractivity contribution in [1.29, 1.82) is 0 Å². The third-order valence-corrected chi connectivity index (χ3v) is 2.59. The van der Waals surface area contributed by atoms with Crippen molar-refractivity contribution in [3.63, 3.8) is 0 Å². The molecule has 1 rings (SSSR count). The highest BCUT2D eigenvalue weighted by Gasteiger charge is 2.21. The van der Waals surface area contributed by atoms with Crippen LogP contribution in [0.15, 0.2) is 0 Å². The van der Waals surface area contributed by atoms with E-state index in [-0.39, 0.29) is 0 Å². The summed E-state index contributed by atoms with van der Waals surface area (Å²) in [6.07, 6.45) is 4.18. The Bertz CT molecular complexity index is 90.9. The van der Waals surface area contributed by atoms with Gasteiger partial charge in [-0.25, -0.2) is 0 Å². The van der Waals surface area contributed by atoms with Crippen LogP contribution < -0.4 is 5.32 Å². The molecule has 0 heterocycles. The van der Waals surface area contributed by atoms with Gasteiger partial charge in [-0.3, -0.25) is 0 Å². The molecule has 1 aliphatic carbocycles. The monoisotopic (exact) mass is 141 g/mol. The van der Waals surface area contributed by atoms with Crippen molar-refractivity contribution >= 4 is 0 Å². The van der Waals surface area contributed by atoms with E-state index in [2.05, 4.69) is 26.2 Å². The molecule has 0 aliphatic heterocycles. The lowest BCUT2D eigenvalue weighted by Crippen LogP contribution is -2.33. The highest BCUT2D eigenvalue weighted by molar-refractivity contribution is 4.78. The van der Waals surface area contributed by atoms with Crippen LogP contribution in [0.2, 0.25) is 0 Å². The Labute approximate surface area is 64.2 Å². The third kappa shape index (κ3) is 1.98. The number of nitrogens with one attached hydrogen (secondary N) is 1. The summed E-state index contributed by atoms with van der Waals surface area (Å²) in [5.41, 5.74) is 0. The normalized spacial score (nSPS) is 41.7. The molecular formula is C9H19N. The predicted molar refractivity (Wildman–Crippen MR) is 45.0 cm³/mol. The molecule has 2 atom stereocenters. The van der Waals surface area contributed by atoms with E-state index in [1.54, 1.807) is 0 Å². The van der Waals surface area contributed by atoms with Gasteiger partial charge in [0.05, 0.1) is 0 Å². The molecule has 0 spiro atoms. The first-order valence-corrected chi connectivity index (χ1v) is 4.39. The van der Waals surface area contributed by atoms with Crippen LogP contribution in [0.25, 0.3) is 0 Å². The van der Waals surface area contributed by atoms with Gasteiger partial charge in [0.1, 0.15) is 0 Å². The summed E-state index contributed by atoms with van der Waals surface area (Å²) in [5, 5.41) is 3.36. The largest absolute Gasteiger partial charge is 0.317 e. The molecule has 0 aromatic carbocycles. The zero-order valence-corrected chi connectivity index (χ0v) is 7.35. The molecule has 0 aromatic heterocycles. The minimum atomic E-state index is 0.791.